The highest BCUT2D eigenvalue weighted by molar-refractivity contribution is 7.08. The first kappa shape index (κ1) is 67.6. The summed E-state index contributed by atoms with van der Waals surface area (Å²) in [7, 11) is 8.79. The second-order valence-electron chi connectivity index (χ2n) is 23.6. The maximum Gasteiger partial charge on any atom is 0.332 e. The molecule has 1 aliphatic rings. The number of benzene rings is 4. The number of imidazole rings is 3. The van der Waals surface area contributed by atoms with E-state index in [9.17, 15) is 51.9 Å². The standard InChI is InChI=1S/C26H28F2N8O3.C22H21N5O3.C20H19N5O3S/c1-16(36-15-30-23-22(36)25(38)33(3)26(39)32(23)2)24(37)31-21-5-4-20(13-29-21)35-8-6-34(7-9-35)14-17-10-18(27)12-19(28)11-17;1-14(27-13-23-19-18(27)21(29)26(3)22(30)25(19)2)20(28)24-17-11-9-16(10-12-17)15-7-5-4-6-8-15;1-12(25-11-21-17-16(25)19(27)24(3)20(28)23(17)2)18(26)22-15-6-4-13(5-7-15)14-8-9-29-10-14/h4-5,10-13,15-16H,6-9,14H2,1-3H3,(H,29,31,37);4-14H,1-3H3,(H,24,28);4-12H,1-3H3,(H,22,26). The number of rotatable bonds is 14. The number of nitrogens with one attached hydrogen (secondary N) is 3. The quantitative estimate of drug-likeness (QED) is 0.108. The van der Waals surface area contributed by atoms with E-state index in [2.05, 4.69) is 51.1 Å². The normalized spacial score (nSPS) is 13.3. The van der Waals surface area contributed by atoms with E-state index in [4.69, 9.17) is 0 Å². The van der Waals surface area contributed by atoms with Crippen LogP contribution < -0.4 is 54.6 Å². The predicted molar refractivity (Wildman–Crippen MR) is 370 cm³/mol. The minimum absolute atomic E-state index is 0.159. The zero-order chi connectivity index (χ0) is 70.0. The van der Waals surface area contributed by atoms with Gasteiger partial charge in [-0.1, -0.05) is 54.6 Å². The van der Waals surface area contributed by atoms with Gasteiger partial charge in [-0.05, 0) is 114 Å². The summed E-state index contributed by atoms with van der Waals surface area (Å²) >= 11 is 1.63. The van der Waals surface area contributed by atoms with Crippen molar-refractivity contribution in [3.8, 4) is 22.3 Å². The van der Waals surface area contributed by atoms with Crippen LogP contribution in [0.2, 0.25) is 0 Å². The molecule has 3 amide bonds. The minimum atomic E-state index is -0.790. The summed E-state index contributed by atoms with van der Waals surface area (Å²) in [6.45, 7) is 8.34. The number of nitrogens with zero attached hydrogens (tertiary/aromatic N) is 15. The van der Waals surface area contributed by atoms with Gasteiger partial charge >= 0.3 is 17.1 Å². The maximum atomic E-state index is 13.5. The van der Waals surface area contributed by atoms with Gasteiger partial charge in [0.1, 0.15) is 35.6 Å². The largest absolute Gasteiger partial charge is 0.368 e. The van der Waals surface area contributed by atoms with Crippen LogP contribution in [0.15, 0.2) is 180 Å². The molecule has 4 aromatic carbocycles. The van der Waals surface area contributed by atoms with Gasteiger partial charge in [0.05, 0.1) is 30.9 Å². The van der Waals surface area contributed by atoms with Gasteiger partial charge in [-0.2, -0.15) is 11.3 Å². The molecule has 1 aliphatic heterocycles. The van der Waals surface area contributed by atoms with E-state index in [0.717, 1.165) is 60.8 Å². The van der Waals surface area contributed by atoms with Crippen LogP contribution in [0.1, 0.15) is 44.5 Å². The summed E-state index contributed by atoms with van der Waals surface area (Å²) in [5.74, 6) is -1.78. The van der Waals surface area contributed by atoms with Gasteiger partial charge in [-0.15, -0.1) is 0 Å². The molecule has 0 radical (unpaired) electrons. The van der Waals surface area contributed by atoms with Crippen LogP contribution in [-0.4, -0.2) is 110 Å². The molecule has 0 saturated carbocycles. The van der Waals surface area contributed by atoms with Crippen molar-refractivity contribution in [1.82, 2.24) is 65.9 Å². The van der Waals surface area contributed by atoms with Crippen molar-refractivity contribution in [3.63, 3.8) is 0 Å². The number of thiophene rings is 1. The SMILES string of the molecule is CC(C(=O)Nc1ccc(-c2ccccc2)cc1)n1cnc2c1c(=O)n(C)c(=O)n2C.CC(C(=O)Nc1ccc(-c2ccsc2)cc1)n1cnc2c1c(=O)n(C)c(=O)n2C.CC(C(=O)Nc1ccc(N2CCN(Cc3cc(F)cc(F)c3)CC2)cn1)n1cnc2c1c(=O)n(C)c(=O)n2C. The molecule has 0 spiro atoms. The number of carbonyl (C=O) groups excluding carboxylic acids is 3. The summed E-state index contributed by atoms with van der Waals surface area (Å²) < 4.78 is 38.2. The van der Waals surface area contributed by atoms with Crippen LogP contribution in [0.25, 0.3) is 55.7 Å². The molecule has 13 rings (SSSR count). The lowest BCUT2D eigenvalue weighted by Crippen LogP contribution is -2.46. The first-order valence-electron chi connectivity index (χ1n) is 30.9. The van der Waals surface area contributed by atoms with Crippen molar-refractivity contribution < 1.29 is 23.2 Å². The molecule has 504 valence electrons. The lowest BCUT2D eigenvalue weighted by Gasteiger charge is -2.36. The highest BCUT2D eigenvalue weighted by atomic mass is 32.1. The Balaban J connectivity index is 0.000000151. The molecular weight excluding hydrogens is 1280 g/mol. The van der Waals surface area contributed by atoms with Gasteiger partial charge in [0.25, 0.3) is 16.7 Å². The lowest BCUT2D eigenvalue weighted by atomic mass is 10.1. The Kier molecular flexibility index (Phi) is 19.5. The van der Waals surface area contributed by atoms with Crippen LogP contribution >= 0.6 is 11.3 Å². The number of pyridine rings is 1. The number of hydrogen-bond acceptors (Lipinski definition) is 16. The molecule has 30 heteroatoms. The second kappa shape index (κ2) is 28.3. The Hall–Kier alpha value is -11.8. The molecule has 12 aromatic rings. The average molecular weight is 1350 g/mol. The van der Waals surface area contributed by atoms with Gasteiger partial charge < -0.3 is 34.6 Å². The number of halogens is 2. The molecule has 3 N–H and O–H groups in total. The third-order valence-electron chi connectivity index (χ3n) is 17.2. The average Bonchev–Trinajstić information content (AvgIpc) is 1.56. The zero-order valence-electron chi connectivity index (χ0n) is 54.7. The number of aromatic nitrogens is 13. The molecule has 1 fully saturated rings. The number of amides is 3. The van der Waals surface area contributed by atoms with Gasteiger partial charge in [0, 0.05) is 92.5 Å². The van der Waals surface area contributed by atoms with E-state index in [-0.39, 0.29) is 45.3 Å². The number of anilines is 4. The van der Waals surface area contributed by atoms with Crippen molar-refractivity contribution in [2.45, 2.75) is 45.4 Å². The van der Waals surface area contributed by atoms with Crippen LogP contribution in [0, 0.1) is 11.6 Å². The lowest BCUT2D eigenvalue weighted by molar-refractivity contribution is -0.119. The summed E-state index contributed by atoms with van der Waals surface area (Å²) in [5, 5.41) is 12.6. The van der Waals surface area contributed by atoms with E-state index in [1.165, 1.54) is 86.7 Å². The van der Waals surface area contributed by atoms with Crippen molar-refractivity contribution in [3.05, 3.63) is 231 Å². The van der Waals surface area contributed by atoms with E-state index in [1.807, 2.05) is 96.4 Å². The monoisotopic (exact) mass is 1350 g/mol. The molecular formula is C68H68F2N18O9S. The van der Waals surface area contributed by atoms with Crippen molar-refractivity contribution in [2.24, 2.45) is 42.3 Å². The fraction of sp³-hybridized carbons (Fsp3) is 0.250. The molecule has 0 aliphatic carbocycles. The number of aryl methyl sites for hydroxylation is 3. The molecule has 27 nitrogen and oxygen atoms in total. The van der Waals surface area contributed by atoms with E-state index >= 15 is 0 Å². The molecule has 98 heavy (non-hydrogen) atoms. The number of carbonyl (C=O) groups is 3. The molecule has 3 unspecified atom stereocenters. The summed E-state index contributed by atoms with van der Waals surface area (Å²) in [5.41, 5.74) is 5.49. The zero-order valence-corrected chi connectivity index (χ0v) is 55.6. The third kappa shape index (κ3) is 13.7. The fourth-order valence-corrected chi connectivity index (χ4v) is 12.1. The topological polar surface area (TPSA) is 292 Å². The first-order valence-corrected chi connectivity index (χ1v) is 31.8. The van der Waals surface area contributed by atoms with Crippen LogP contribution in [0.3, 0.4) is 0 Å². The van der Waals surface area contributed by atoms with Crippen molar-refractivity contribution in [1.29, 1.82) is 0 Å². The van der Waals surface area contributed by atoms with E-state index in [1.54, 1.807) is 58.5 Å². The third-order valence-corrected chi connectivity index (χ3v) is 17.9. The Bertz CT molecular complexity index is 5350. The number of fused-ring (bicyclic) bond motifs is 3. The fourth-order valence-electron chi connectivity index (χ4n) is 11.4. The molecule has 1 saturated heterocycles. The van der Waals surface area contributed by atoms with Crippen LogP contribution in [0.4, 0.5) is 31.7 Å². The summed E-state index contributed by atoms with van der Waals surface area (Å²) in [4.78, 5) is 134. The summed E-state index contributed by atoms with van der Waals surface area (Å²) in [6, 6.07) is 32.1. The number of piperazine rings is 1. The first-order chi connectivity index (χ1) is 46.9. The molecule has 0 bridgehead atoms. The Morgan fingerprint density at radius 3 is 1.28 bits per heavy atom. The van der Waals surface area contributed by atoms with Gasteiger partial charge in [-0.3, -0.25) is 61.1 Å². The van der Waals surface area contributed by atoms with Crippen molar-refractivity contribution >= 4 is 85.4 Å². The van der Waals surface area contributed by atoms with Gasteiger partial charge in [-0.25, -0.2) is 43.1 Å². The Morgan fingerprint density at radius 1 is 0.469 bits per heavy atom. The van der Waals surface area contributed by atoms with E-state index in [0.29, 0.717) is 42.4 Å². The molecule has 3 atom stereocenters. The Labute approximate surface area is 560 Å². The predicted octanol–water partition coefficient (Wildman–Crippen LogP) is 6.29. The maximum absolute atomic E-state index is 13.5. The van der Waals surface area contributed by atoms with E-state index < -0.39 is 69.4 Å². The van der Waals surface area contributed by atoms with Gasteiger partial charge in [0.2, 0.25) is 17.7 Å². The molecule has 8 aromatic heterocycles. The smallest absolute Gasteiger partial charge is 0.332 e. The minimum Gasteiger partial charge on any atom is -0.368 e. The Morgan fingerprint density at radius 2 is 0.878 bits per heavy atom. The van der Waals surface area contributed by atoms with Crippen LogP contribution in [-0.2, 0) is 63.2 Å². The number of hydrogen-bond donors (Lipinski definition) is 3. The van der Waals surface area contributed by atoms with Crippen LogP contribution in [0.5, 0.6) is 0 Å². The second-order valence-corrected chi connectivity index (χ2v) is 24.3. The highest BCUT2D eigenvalue weighted by Crippen LogP contribution is 2.27. The summed E-state index contributed by atoms with van der Waals surface area (Å²) in [6.07, 6.45) is 5.87. The molecule has 9 heterocycles. The van der Waals surface area contributed by atoms with Crippen molar-refractivity contribution in [2.75, 3.05) is 47.0 Å². The highest BCUT2D eigenvalue weighted by Gasteiger charge is 2.26. The van der Waals surface area contributed by atoms with Gasteiger partial charge in [0.15, 0.2) is 33.5 Å².